The van der Waals surface area contributed by atoms with E-state index in [4.69, 9.17) is 20.9 Å². The Hall–Kier alpha value is -1.33. The molecule has 0 aliphatic carbocycles. The summed E-state index contributed by atoms with van der Waals surface area (Å²) in [6, 6.07) is 7.83. The van der Waals surface area contributed by atoms with Gasteiger partial charge in [-0.25, -0.2) is 0 Å². The number of nitrogens with one attached hydrogen (secondary N) is 1. The van der Waals surface area contributed by atoms with Gasteiger partial charge in [0.1, 0.15) is 5.75 Å². The number of thioether (sulfide) groups is 1. The molecule has 0 spiro atoms. The van der Waals surface area contributed by atoms with Crippen molar-refractivity contribution in [3.8, 4) is 5.75 Å². The fourth-order valence-corrected chi connectivity index (χ4v) is 2.54. The van der Waals surface area contributed by atoms with Gasteiger partial charge in [-0.2, -0.15) is 5.16 Å². The highest BCUT2D eigenvalue weighted by Crippen LogP contribution is 2.22. The molecule has 0 saturated heterocycles. The summed E-state index contributed by atoms with van der Waals surface area (Å²) in [5.41, 5.74) is 0.798. The highest BCUT2D eigenvalue weighted by Gasteiger charge is 2.09. The molecule has 1 heterocycles. The molecule has 0 amide bonds. The van der Waals surface area contributed by atoms with Crippen molar-refractivity contribution in [1.82, 2.24) is 5.16 Å². The van der Waals surface area contributed by atoms with E-state index in [0.717, 1.165) is 11.5 Å². The molecule has 0 bridgehead atoms. The van der Waals surface area contributed by atoms with Crippen molar-refractivity contribution >= 4 is 23.4 Å². The number of benzene rings is 1. The molecule has 6 heteroatoms. The lowest BCUT2D eigenvalue weighted by atomic mass is 10.2. The Labute approximate surface area is 113 Å². The van der Waals surface area contributed by atoms with E-state index in [2.05, 4.69) is 5.16 Å². The second kappa shape index (κ2) is 6.02. The maximum atomic E-state index is 11.0. The van der Waals surface area contributed by atoms with Gasteiger partial charge in [0.2, 0.25) is 0 Å². The van der Waals surface area contributed by atoms with Crippen LogP contribution in [-0.4, -0.2) is 12.3 Å². The third-order valence-corrected chi connectivity index (χ3v) is 3.76. The zero-order chi connectivity index (χ0) is 13.0. The molecular formula is C12H12ClNO3S. The Bertz CT molecular complexity index is 561. The zero-order valence-corrected chi connectivity index (χ0v) is 11.3. The van der Waals surface area contributed by atoms with E-state index in [-0.39, 0.29) is 10.6 Å². The topological polar surface area (TPSA) is 55.2 Å². The number of ether oxygens (including phenoxy) is 1. The van der Waals surface area contributed by atoms with Gasteiger partial charge in [-0.3, -0.25) is 4.79 Å². The summed E-state index contributed by atoms with van der Waals surface area (Å²) in [7, 11) is 1.64. The third kappa shape index (κ3) is 3.11. The van der Waals surface area contributed by atoms with Gasteiger partial charge < -0.3 is 9.26 Å². The van der Waals surface area contributed by atoms with Crippen molar-refractivity contribution < 1.29 is 9.26 Å². The highest BCUT2D eigenvalue weighted by atomic mass is 35.5. The van der Waals surface area contributed by atoms with Crippen molar-refractivity contribution in [2.75, 3.05) is 7.11 Å². The zero-order valence-electron chi connectivity index (χ0n) is 9.73. The molecule has 18 heavy (non-hydrogen) atoms. The minimum Gasteiger partial charge on any atom is -0.497 e. The van der Waals surface area contributed by atoms with Gasteiger partial charge in [0.15, 0.2) is 10.8 Å². The van der Waals surface area contributed by atoms with Crippen LogP contribution in [-0.2, 0) is 11.5 Å². The molecule has 2 aromatic rings. The molecule has 0 fully saturated rings. The average molecular weight is 286 g/mol. The minimum absolute atomic E-state index is 0.136. The summed E-state index contributed by atoms with van der Waals surface area (Å²) in [4.78, 5) is 11.0. The average Bonchev–Trinajstić information content (AvgIpc) is 2.71. The lowest BCUT2D eigenvalue weighted by Gasteiger charge is -2.02. The number of rotatable bonds is 5. The summed E-state index contributed by atoms with van der Waals surface area (Å²) in [5.74, 6) is 2.70. The monoisotopic (exact) mass is 285 g/mol. The van der Waals surface area contributed by atoms with Crippen molar-refractivity contribution in [3.63, 3.8) is 0 Å². The Kier molecular flexibility index (Phi) is 4.38. The first-order valence-electron chi connectivity index (χ1n) is 5.27. The van der Waals surface area contributed by atoms with Gasteiger partial charge in [-0.05, 0) is 17.7 Å². The van der Waals surface area contributed by atoms with Crippen molar-refractivity contribution in [2.45, 2.75) is 11.5 Å². The molecule has 96 valence electrons. The number of hydrogen-bond acceptors (Lipinski definition) is 4. The molecule has 1 aromatic heterocycles. The smallest absolute Gasteiger partial charge is 0.298 e. The van der Waals surface area contributed by atoms with Crippen molar-refractivity contribution in [3.05, 3.63) is 51.0 Å². The third-order valence-electron chi connectivity index (χ3n) is 2.37. The maximum absolute atomic E-state index is 11.0. The van der Waals surface area contributed by atoms with Gasteiger partial charge in [0.05, 0.1) is 12.9 Å². The normalized spacial score (nSPS) is 10.6. The summed E-state index contributed by atoms with van der Waals surface area (Å²) in [5, 5.41) is 2.34. The van der Waals surface area contributed by atoms with Gasteiger partial charge >= 0.3 is 0 Å². The van der Waals surface area contributed by atoms with Crippen LogP contribution in [0, 0.1) is 0 Å². The minimum atomic E-state index is -0.378. The second-order valence-electron chi connectivity index (χ2n) is 3.61. The highest BCUT2D eigenvalue weighted by molar-refractivity contribution is 7.97. The van der Waals surface area contributed by atoms with E-state index in [1.165, 1.54) is 5.56 Å². The largest absolute Gasteiger partial charge is 0.497 e. The second-order valence-corrected chi connectivity index (χ2v) is 4.97. The van der Waals surface area contributed by atoms with Crippen LogP contribution in [0.2, 0.25) is 5.02 Å². The Morgan fingerprint density at radius 2 is 2.06 bits per heavy atom. The Balaban J connectivity index is 1.88. The lowest BCUT2D eigenvalue weighted by Crippen LogP contribution is -1.96. The first kappa shape index (κ1) is 13.1. The van der Waals surface area contributed by atoms with Crippen LogP contribution in [0.5, 0.6) is 5.75 Å². The van der Waals surface area contributed by atoms with E-state index < -0.39 is 0 Å². The van der Waals surface area contributed by atoms with Crippen molar-refractivity contribution in [1.29, 1.82) is 0 Å². The van der Waals surface area contributed by atoms with Crippen LogP contribution in [0.25, 0.3) is 0 Å². The van der Waals surface area contributed by atoms with Gasteiger partial charge in [-0.15, -0.1) is 11.8 Å². The SMILES string of the molecule is COc1ccc(CSCc2o[nH]c(=O)c2Cl)cc1. The number of methoxy groups -OCH3 is 1. The van der Waals surface area contributed by atoms with Gasteiger partial charge in [0, 0.05) is 5.75 Å². The summed E-state index contributed by atoms with van der Waals surface area (Å²) in [6.45, 7) is 0. The van der Waals surface area contributed by atoms with Crippen LogP contribution < -0.4 is 10.3 Å². The van der Waals surface area contributed by atoms with E-state index in [1.807, 2.05) is 24.3 Å². The summed E-state index contributed by atoms with van der Waals surface area (Å²) >= 11 is 7.39. The lowest BCUT2D eigenvalue weighted by molar-refractivity contribution is 0.390. The molecule has 4 nitrogen and oxygen atoms in total. The predicted molar refractivity (Wildman–Crippen MR) is 72.3 cm³/mol. The fourth-order valence-electron chi connectivity index (χ4n) is 1.40. The number of halogens is 1. The molecule has 0 aliphatic heterocycles. The predicted octanol–water partition coefficient (Wildman–Crippen LogP) is 3.06. The first-order chi connectivity index (χ1) is 8.70. The van der Waals surface area contributed by atoms with E-state index in [9.17, 15) is 4.79 Å². The van der Waals surface area contributed by atoms with Crippen LogP contribution >= 0.6 is 23.4 Å². The first-order valence-corrected chi connectivity index (χ1v) is 6.80. The summed E-state index contributed by atoms with van der Waals surface area (Å²) < 4.78 is 10.0. The quantitative estimate of drug-likeness (QED) is 0.917. The number of aromatic amines is 1. The van der Waals surface area contributed by atoms with Crippen molar-refractivity contribution in [2.24, 2.45) is 0 Å². The molecule has 0 saturated carbocycles. The van der Waals surface area contributed by atoms with Crippen LogP contribution in [0.4, 0.5) is 0 Å². The molecule has 0 atom stereocenters. The molecule has 0 unspecified atom stereocenters. The molecule has 2 rings (SSSR count). The number of aromatic nitrogens is 1. The molecular weight excluding hydrogens is 274 g/mol. The van der Waals surface area contributed by atoms with Gasteiger partial charge in [0.25, 0.3) is 5.56 Å². The van der Waals surface area contributed by atoms with E-state index in [0.29, 0.717) is 11.5 Å². The number of hydrogen-bond donors (Lipinski definition) is 1. The standard InChI is InChI=1S/C12H12ClNO3S/c1-16-9-4-2-8(3-5-9)6-18-7-10-11(13)12(15)14-17-10/h2-5H,6-7H2,1H3,(H,14,15). The molecule has 1 N–H and O–H groups in total. The number of H-pyrrole nitrogens is 1. The van der Waals surface area contributed by atoms with Crippen LogP contribution in [0.1, 0.15) is 11.3 Å². The van der Waals surface area contributed by atoms with E-state index >= 15 is 0 Å². The molecule has 0 radical (unpaired) electrons. The summed E-state index contributed by atoms with van der Waals surface area (Å²) in [6.07, 6.45) is 0. The molecule has 0 aliphatic rings. The maximum Gasteiger partial charge on any atom is 0.298 e. The van der Waals surface area contributed by atoms with E-state index in [1.54, 1.807) is 18.9 Å². The van der Waals surface area contributed by atoms with Gasteiger partial charge in [-0.1, -0.05) is 23.7 Å². The van der Waals surface area contributed by atoms with Crippen LogP contribution in [0.3, 0.4) is 0 Å². The van der Waals surface area contributed by atoms with Crippen LogP contribution in [0.15, 0.2) is 33.6 Å². The Morgan fingerprint density at radius 3 is 2.61 bits per heavy atom. The molecule has 1 aromatic carbocycles. The fraction of sp³-hybridized carbons (Fsp3) is 0.250. The Morgan fingerprint density at radius 1 is 1.33 bits per heavy atom.